The first-order valence-electron chi connectivity index (χ1n) is 3.69. The van der Waals surface area contributed by atoms with Gasteiger partial charge in [0.15, 0.2) is 5.78 Å². The first kappa shape index (κ1) is 6.59. The molecule has 0 N–H and O–H groups in total. The summed E-state index contributed by atoms with van der Waals surface area (Å²) < 4.78 is 0. The van der Waals surface area contributed by atoms with Crippen LogP contribution in [0, 0.1) is 6.92 Å². The van der Waals surface area contributed by atoms with Crippen molar-refractivity contribution >= 4 is 5.78 Å². The smallest absolute Gasteiger partial charge is 0.163 e. The molecule has 0 aliphatic heterocycles. The van der Waals surface area contributed by atoms with Gasteiger partial charge in [0.25, 0.3) is 0 Å². The molecule has 11 heavy (non-hydrogen) atoms. The topological polar surface area (TPSA) is 17.1 Å². The van der Waals surface area contributed by atoms with Gasteiger partial charge in [0, 0.05) is 12.0 Å². The van der Waals surface area contributed by atoms with E-state index >= 15 is 0 Å². The molecular formula is C10H8O. The molecule has 1 aromatic carbocycles. The van der Waals surface area contributed by atoms with Gasteiger partial charge in [-0.3, -0.25) is 4.79 Å². The fourth-order valence-electron chi connectivity index (χ4n) is 1.45. The molecule has 0 bridgehead atoms. The van der Waals surface area contributed by atoms with Gasteiger partial charge in [-0.05, 0) is 30.5 Å². The third-order valence-corrected chi connectivity index (χ3v) is 2.06. The van der Waals surface area contributed by atoms with Gasteiger partial charge in [0.05, 0.1) is 0 Å². The number of Topliss-reactive ketones (excluding diaryl/α,β-unsaturated/α-hetero) is 1. The number of ketones is 1. The minimum absolute atomic E-state index is 0.229. The minimum Gasteiger partial charge on any atom is -0.294 e. The standard InChI is InChI=1S/C10H8O/c1-7-2-3-8-4-5-10(11)9(8)6-7/h1-3,6H,4-5H2. The first-order valence-corrected chi connectivity index (χ1v) is 3.69. The van der Waals surface area contributed by atoms with E-state index in [-0.39, 0.29) is 5.78 Å². The molecule has 1 heteroatoms. The Morgan fingerprint density at radius 3 is 2.91 bits per heavy atom. The second-order valence-electron chi connectivity index (χ2n) is 2.84. The van der Waals surface area contributed by atoms with Crippen LogP contribution >= 0.6 is 0 Å². The highest BCUT2D eigenvalue weighted by atomic mass is 16.1. The van der Waals surface area contributed by atoms with Crippen LogP contribution in [0.4, 0.5) is 0 Å². The van der Waals surface area contributed by atoms with Crippen LogP contribution in [-0.2, 0) is 6.42 Å². The van der Waals surface area contributed by atoms with Crippen LogP contribution < -0.4 is 0 Å². The molecule has 54 valence electrons. The normalized spacial score (nSPS) is 15.2. The molecular weight excluding hydrogens is 136 g/mol. The number of hydrogen-bond acceptors (Lipinski definition) is 1. The molecule has 1 aliphatic rings. The van der Waals surface area contributed by atoms with Crippen molar-refractivity contribution in [3.63, 3.8) is 0 Å². The lowest BCUT2D eigenvalue weighted by molar-refractivity contribution is 0.0994. The second-order valence-corrected chi connectivity index (χ2v) is 2.84. The monoisotopic (exact) mass is 144 g/mol. The van der Waals surface area contributed by atoms with Gasteiger partial charge in [-0.15, -0.1) is 0 Å². The Morgan fingerprint density at radius 1 is 1.27 bits per heavy atom. The van der Waals surface area contributed by atoms with E-state index in [4.69, 9.17) is 6.92 Å². The third-order valence-electron chi connectivity index (χ3n) is 2.06. The summed E-state index contributed by atoms with van der Waals surface area (Å²) in [5, 5.41) is 0. The Kier molecular flexibility index (Phi) is 1.31. The zero-order valence-electron chi connectivity index (χ0n) is 6.13. The van der Waals surface area contributed by atoms with E-state index in [1.807, 2.05) is 12.1 Å². The Bertz CT molecular complexity index is 313. The maximum Gasteiger partial charge on any atom is 0.163 e. The summed E-state index contributed by atoms with van der Waals surface area (Å²) in [6.07, 6.45) is 1.53. The molecule has 2 rings (SSSR count). The van der Waals surface area contributed by atoms with E-state index in [1.165, 1.54) is 0 Å². The largest absolute Gasteiger partial charge is 0.294 e. The quantitative estimate of drug-likeness (QED) is 0.543. The van der Waals surface area contributed by atoms with Crippen LogP contribution in [0.1, 0.15) is 27.9 Å². The fraction of sp³-hybridized carbons (Fsp3) is 0.200. The van der Waals surface area contributed by atoms with E-state index in [0.717, 1.165) is 17.5 Å². The van der Waals surface area contributed by atoms with E-state index in [2.05, 4.69) is 0 Å². The molecule has 0 saturated heterocycles. The fourth-order valence-corrected chi connectivity index (χ4v) is 1.45. The Hall–Kier alpha value is -1.11. The summed E-state index contributed by atoms with van der Waals surface area (Å²) in [4.78, 5) is 11.2. The summed E-state index contributed by atoms with van der Waals surface area (Å²) in [5.41, 5.74) is 2.65. The Balaban J connectivity index is 2.60. The maximum atomic E-state index is 11.2. The van der Waals surface area contributed by atoms with Crippen LogP contribution in [0.15, 0.2) is 18.2 Å². The summed E-state index contributed by atoms with van der Waals surface area (Å²) in [5.74, 6) is 0.229. The highest BCUT2D eigenvalue weighted by Crippen LogP contribution is 2.22. The van der Waals surface area contributed by atoms with Gasteiger partial charge in [-0.2, -0.15) is 0 Å². The maximum absolute atomic E-state index is 11.2. The minimum atomic E-state index is 0.229. The second kappa shape index (κ2) is 2.19. The van der Waals surface area contributed by atoms with Crippen molar-refractivity contribution in [2.45, 2.75) is 12.8 Å². The van der Waals surface area contributed by atoms with Crippen LogP contribution in [0.5, 0.6) is 0 Å². The lowest BCUT2D eigenvalue weighted by Gasteiger charge is -1.96. The molecule has 0 heterocycles. The van der Waals surface area contributed by atoms with Crippen LogP contribution in [0.25, 0.3) is 0 Å². The predicted molar refractivity (Wildman–Crippen MR) is 42.5 cm³/mol. The summed E-state index contributed by atoms with van der Waals surface area (Å²) >= 11 is 0. The lowest BCUT2D eigenvalue weighted by Crippen LogP contribution is -1.90. The SMILES string of the molecule is [CH]c1ccc2c(c1)C(=O)CC2. The molecule has 1 nitrogen and oxygen atoms in total. The van der Waals surface area contributed by atoms with Crippen molar-refractivity contribution in [3.05, 3.63) is 41.8 Å². The molecule has 0 atom stereocenters. The van der Waals surface area contributed by atoms with Crippen molar-refractivity contribution in [3.8, 4) is 0 Å². The van der Waals surface area contributed by atoms with Crippen molar-refractivity contribution < 1.29 is 4.79 Å². The molecule has 0 unspecified atom stereocenters. The van der Waals surface area contributed by atoms with Gasteiger partial charge in [-0.1, -0.05) is 12.1 Å². The average Bonchev–Trinajstić information content (AvgIpc) is 2.33. The van der Waals surface area contributed by atoms with Crippen molar-refractivity contribution in [2.75, 3.05) is 0 Å². The number of benzene rings is 1. The predicted octanol–water partition coefficient (Wildman–Crippen LogP) is 1.87. The van der Waals surface area contributed by atoms with Gasteiger partial charge in [0.1, 0.15) is 0 Å². The van der Waals surface area contributed by atoms with Crippen LogP contribution in [-0.4, -0.2) is 5.78 Å². The van der Waals surface area contributed by atoms with Gasteiger partial charge in [0.2, 0.25) is 0 Å². The molecule has 0 saturated carbocycles. The molecule has 1 aromatic rings. The number of hydrogen-bond donors (Lipinski definition) is 0. The number of carbonyl (C=O) groups is 1. The zero-order valence-corrected chi connectivity index (χ0v) is 6.13. The first-order chi connectivity index (χ1) is 5.27. The molecule has 2 radical (unpaired) electrons. The lowest BCUT2D eigenvalue weighted by atomic mass is 10.1. The number of fused-ring (bicyclic) bond motifs is 1. The van der Waals surface area contributed by atoms with Crippen molar-refractivity contribution in [2.24, 2.45) is 0 Å². The summed E-state index contributed by atoms with van der Waals surface area (Å²) in [7, 11) is 0. The van der Waals surface area contributed by atoms with Crippen molar-refractivity contribution in [1.29, 1.82) is 0 Å². The van der Waals surface area contributed by atoms with E-state index in [0.29, 0.717) is 12.0 Å². The van der Waals surface area contributed by atoms with Gasteiger partial charge >= 0.3 is 0 Å². The third kappa shape index (κ3) is 0.967. The highest BCUT2D eigenvalue weighted by molar-refractivity contribution is 6.00. The zero-order chi connectivity index (χ0) is 7.84. The van der Waals surface area contributed by atoms with Crippen LogP contribution in [0.3, 0.4) is 0 Å². The molecule has 1 aliphatic carbocycles. The number of rotatable bonds is 0. The van der Waals surface area contributed by atoms with Crippen molar-refractivity contribution in [1.82, 2.24) is 0 Å². The molecule has 0 fully saturated rings. The number of carbonyl (C=O) groups excluding carboxylic acids is 1. The van der Waals surface area contributed by atoms with Gasteiger partial charge in [-0.25, -0.2) is 0 Å². The van der Waals surface area contributed by atoms with Gasteiger partial charge < -0.3 is 0 Å². The molecule has 0 spiro atoms. The average molecular weight is 144 g/mol. The van der Waals surface area contributed by atoms with E-state index < -0.39 is 0 Å². The Labute approximate surface area is 66.0 Å². The molecule has 0 amide bonds. The van der Waals surface area contributed by atoms with Crippen LogP contribution in [0.2, 0.25) is 0 Å². The van der Waals surface area contributed by atoms with E-state index in [9.17, 15) is 4.79 Å². The summed E-state index contributed by atoms with van der Waals surface area (Å²) in [6, 6.07) is 5.55. The number of aryl methyl sites for hydroxylation is 1. The Morgan fingerprint density at radius 2 is 2.09 bits per heavy atom. The van der Waals surface area contributed by atoms with E-state index in [1.54, 1.807) is 6.07 Å². The molecule has 0 aromatic heterocycles. The highest BCUT2D eigenvalue weighted by Gasteiger charge is 2.18. The summed E-state index contributed by atoms with van der Waals surface area (Å²) in [6.45, 7) is 5.54.